The van der Waals surface area contributed by atoms with E-state index in [-0.39, 0.29) is 11.6 Å². The van der Waals surface area contributed by atoms with Gasteiger partial charge >= 0.3 is 5.97 Å². The number of nitrogens with zero attached hydrogens (tertiary/aromatic N) is 1. The first kappa shape index (κ1) is 15.4. The first-order valence-electron chi connectivity index (χ1n) is 6.98. The summed E-state index contributed by atoms with van der Waals surface area (Å²) in [5.74, 6) is 0.651. The molecule has 4 nitrogen and oxygen atoms in total. The maximum absolute atomic E-state index is 11.5. The van der Waals surface area contributed by atoms with E-state index in [0.29, 0.717) is 6.54 Å². The zero-order valence-electron chi connectivity index (χ0n) is 12.3. The van der Waals surface area contributed by atoms with Crippen LogP contribution < -0.4 is 5.32 Å². The highest BCUT2D eigenvalue weighted by molar-refractivity contribution is 5.72. The molecule has 0 unspecified atom stereocenters. The van der Waals surface area contributed by atoms with Crippen molar-refractivity contribution in [3.8, 4) is 0 Å². The van der Waals surface area contributed by atoms with E-state index in [1.54, 1.807) is 0 Å². The predicted molar refractivity (Wildman–Crippen MR) is 73.6 cm³/mol. The number of nitrogens with one attached hydrogen (secondary N) is 1. The van der Waals surface area contributed by atoms with Crippen molar-refractivity contribution in [1.29, 1.82) is 0 Å². The van der Waals surface area contributed by atoms with Crippen molar-refractivity contribution >= 4 is 5.97 Å². The third kappa shape index (κ3) is 6.97. The summed E-state index contributed by atoms with van der Waals surface area (Å²) >= 11 is 0. The van der Waals surface area contributed by atoms with E-state index in [2.05, 4.69) is 17.3 Å². The molecule has 18 heavy (non-hydrogen) atoms. The van der Waals surface area contributed by atoms with Crippen LogP contribution in [-0.4, -0.2) is 49.7 Å². The molecule has 1 N–H and O–H groups in total. The van der Waals surface area contributed by atoms with Crippen LogP contribution in [0.1, 0.15) is 40.0 Å². The van der Waals surface area contributed by atoms with Gasteiger partial charge in [-0.3, -0.25) is 4.79 Å². The standard InChI is InChI=1S/C14H28N2O2/c1-14(2,3)18-13(17)11-15-8-5-12-6-9-16(4)10-7-12/h12,15H,5-11H2,1-4H3. The molecule has 0 spiro atoms. The van der Waals surface area contributed by atoms with E-state index in [9.17, 15) is 4.79 Å². The van der Waals surface area contributed by atoms with Crippen molar-refractivity contribution in [1.82, 2.24) is 10.2 Å². The monoisotopic (exact) mass is 256 g/mol. The second-order valence-electron chi connectivity index (χ2n) is 6.30. The largest absolute Gasteiger partial charge is 0.459 e. The lowest BCUT2D eigenvalue weighted by molar-refractivity contribution is -0.153. The highest BCUT2D eigenvalue weighted by atomic mass is 16.6. The first-order valence-corrected chi connectivity index (χ1v) is 6.98. The van der Waals surface area contributed by atoms with Gasteiger partial charge in [0.05, 0.1) is 6.54 Å². The Labute approximate surface area is 111 Å². The zero-order chi connectivity index (χ0) is 13.6. The number of rotatable bonds is 5. The molecule has 1 aliphatic rings. The van der Waals surface area contributed by atoms with Gasteiger partial charge in [-0.05, 0) is 72.6 Å². The Hall–Kier alpha value is -0.610. The third-order valence-corrected chi connectivity index (χ3v) is 3.26. The fraction of sp³-hybridized carbons (Fsp3) is 0.929. The van der Waals surface area contributed by atoms with Crippen LogP contribution in [0.2, 0.25) is 0 Å². The predicted octanol–water partition coefficient (Wildman–Crippen LogP) is 1.65. The Morgan fingerprint density at radius 1 is 1.33 bits per heavy atom. The smallest absolute Gasteiger partial charge is 0.320 e. The molecule has 0 atom stereocenters. The van der Waals surface area contributed by atoms with E-state index >= 15 is 0 Å². The van der Waals surface area contributed by atoms with Gasteiger partial charge < -0.3 is 15.0 Å². The molecular formula is C14H28N2O2. The molecule has 1 saturated heterocycles. The third-order valence-electron chi connectivity index (χ3n) is 3.26. The number of piperidine rings is 1. The first-order chi connectivity index (χ1) is 8.37. The maximum Gasteiger partial charge on any atom is 0.320 e. The normalized spacial score (nSPS) is 18.9. The van der Waals surface area contributed by atoms with E-state index in [1.165, 1.54) is 25.9 Å². The molecule has 1 aliphatic heterocycles. The minimum absolute atomic E-state index is 0.161. The van der Waals surface area contributed by atoms with Gasteiger partial charge in [0.25, 0.3) is 0 Å². The van der Waals surface area contributed by atoms with E-state index in [4.69, 9.17) is 4.74 Å². The lowest BCUT2D eigenvalue weighted by Crippen LogP contribution is -2.34. The summed E-state index contributed by atoms with van der Waals surface area (Å²) in [5, 5.41) is 3.18. The van der Waals surface area contributed by atoms with Crippen molar-refractivity contribution in [3.05, 3.63) is 0 Å². The molecule has 1 rings (SSSR count). The minimum Gasteiger partial charge on any atom is -0.459 e. The van der Waals surface area contributed by atoms with Crippen molar-refractivity contribution in [2.75, 3.05) is 33.2 Å². The molecular weight excluding hydrogens is 228 g/mol. The van der Waals surface area contributed by atoms with Crippen LogP contribution in [0.5, 0.6) is 0 Å². The molecule has 106 valence electrons. The van der Waals surface area contributed by atoms with Crippen LogP contribution in [0.4, 0.5) is 0 Å². The summed E-state index contributed by atoms with van der Waals surface area (Å²) in [5.41, 5.74) is -0.382. The average molecular weight is 256 g/mol. The van der Waals surface area contributed by atoms with E-state index in [0.717, 1.165) is 18.9 Å². The maximum atomic E-state index is 11.5. The Balaban J connectivity index is 2.03. The van der Waals surface area contributed by atoms with Crippen LogP contribution >= 0.6 is 0 Å². The van der Waals surface area contributed by atoms with Crippen molar-refractivity contribution in [3.63, 3.8) is 0 Å². The summed E-state index contributed by atoms with van der Waals surface area (Å²) in [6, 6.07) is 0. The molecule has 0 aliphatic carbocycles. The summed E-state index contributed by atoms with van der Waals surface area (Å²) < 4.78 is 5.24. The van der Waals surface area contributed by atoms with Gasteiger partial charge in [0.15, 0.2) is 0 Å². The average Bonchev–Trinajstić information content (AvgIpc) is 2.24. The van der Waals surface area contributed by atoms with Crippen molar-refractivity contribution < 1.29 is 9.53 Å². The number of likely N-dealkylation sites (tertiary alicyclic amines) is 1. The van der Waals surface area contributed by atoms with Crippen molar-refractivity contribution in [2.45, 2.75) is 45.6 Å². The van der Waals surface area contributed by atoms with E-state index in [1.807, 2.05) is 20.8 Å². The van der Waals surface area contributed by atoms with Crippen LogP contribution in [-0.2, 0) is 9.53 Å². The van der Waals surface area contributed by atoms with Crippen molar-refractivity contribution in [2.24, 2.45) is 5.92 Å². The number of carbonyl (C=O) groups excluding carboxylic acids is 1. The van der Waals surface area contributed by atoms with Gasteiger partial charge in [0, 0.05) is 0 Å². The summed E-state index contributed by atoms with van der Waals surface area (Å²) in [7, 11) is 2.18. The van der Waals surface area contributed by atoms with Crippen LogP contribution in [0.3, 0.4) is 0 Å². The van der Waals surface area contributed by atoms with Crippen LogP contribution in [0.15, 0.2) is 0 Å². The van der Waals surface area contributed by atoms with Gasteiger partial charge in [0.1, 0.15) is 5.60 Å². The lowest BCUT2D eigenvalue weighted by atomic mass is 9.94. The highest BCUT2D eigenvalue weighted by Gasteiger charge is 2.17. The molecule has 0 aromatic heterocycles. The SMILES string of the molecule is CN1CCC(CCNCC(=O)OC(C)(C)C)CC1. The summed E-state index contributed by atoms with van der Waals surface area (Å²) in [4.78, 5) is 13.8. The highest BCUT2D eigenvalue weighted by Crippen LogP contribution is 2.18. The van der Waals surface area contributed by atoms with Gasteiger partial charge in [0.2, 0.25) is 0 Å². The Morgan fingerprint density at radius 3 is 2.50 bits per heavy atom. The Kier molecular flexibility index (Phi) is 6.09. The summed E-state index contributed by atoms with van der Waals surface area (Å²) in [6.45, 7) is 9.32. The van der Waals surface area contributed by atoms with Crippen LogP contribution in [0.25, 0.3) is 0 Å². The quantitative estimate of drug-likeness (QED) is 0.600. The molecule has 0 saturated carbocycles. The summed E-state index contributed by atoms with van der Waals surface area (Å²) in [6.07, 6.45) is 3.73. The Morgan fingerprint density at radius 2 is 1.94 bits per heavy atom. The Bertz CT molecular complexity index is 253. The minimum atomic E-state index is -0.382. The van der Waals surface area contributed by atoms with Gasteiger partial charge in [-0.25, -0.2) is 0 Å². The van der Waals surface area contributed by atoms with Crippen LogP contribution in [0, 0.1) is 5.92 Å². The number of esters is 1. The second-order valence-corrected chi connectivity index (χ2v) is 6.30. The van der Waals surface area contributed by atoms with Gasteiger partial charge in [-0.1, -0.05) is 0 Å². The molecule has 1 fully saturated rings. The van der Waals surface area contributed by atoms with E-state index < -0.39 is 0 Å². The second kappa shape index (κ2) is 7.10. The number of hydrogen-bond donors (Lipinski definition) is 1. The fourth-order valence-corrected chi connectivity index (χ4v) is 2.22. The lowest BCUT2D eigenvalue weighted by Gasteiger charge is -2.28. The number of hydrogen-bond acceptors (Lipinski definition) is 4. The van der Waals surface area contributed by atoms with Gasteiger partial charge in [-0.15, -0.1) is 0 Å². The topological polar surface area (TPSA) is 41.6 Å². The molecule has 0 amide bonds. The molecule has 0 bridgehead atoms. The zero-order valence-corrected chi connectivity index (χ0v) is 12.3. The number of carbonyl (C=O) groups is 1. The molecule has 0 aromatic carbocycles. The molecule has 0 aromatic rings. The molecule has 4 heteroatoms. The fourth-order valence-electron chi connectivity index (χ4n) is 2.22. The molecule has 0 radical (unpaired) electrons. The van der Waals surface area contributed by atoms with Gasteiger partial charge in [-0.2, -0.15) is 0 Å². The number of ether oxygens (including phenoxy) is 1. The molecule has 1 heterocycles.